The van der Waals surface area contributed by atoms with Gasteiger partial charge in [-0.15, -0.1) is 12.4 Å². The number of likely N-dealkylation sites (tertiary alicyclic amines) is 1. The van der Waals surface area contributed by atoms with E-state index in [1.165, 1.54) is 152 Å². The molecule has 14 nitrogen and oxygen atoms in total. The van der Waals surface area contributed by atoms with E-state index in [-0.39, 0.29) is 103 Å². The van der Waals surface area contributed by atoms with Gasteiger partial charge in [0, 0.05) is 47.7 Å². The van der Waals surface area contributed by atoms with Crippen molar-refractivity contribution in [2.24, 2.45) is 113 Å². The summed E-state index contributed by atoms with van der Waals surface area (Å²) in [4.78, 5) is 34.9. The van der Waals surface area contributed by atoms with Crippen molar-refractivity contribution < 1.29 is 47.4 Å². The van der Waals surface area contributed by atoms with E-state index < -0.39 is 39.2 Å². The quantitative estimate of drug-likeness (QED) is 0.0499. The van der Waals surface area contributed by atoms with Crippen LogP contribution in [0.4, 0.5) is 15.3 Å². The van der Waals surface area contributed by atoms with Gasteiger partial charge in [0.15, 0.2) is 22.7 Å². The van der Waals surface area contributed by atoms with Crippen LogP contribution in [0.2, 0.25) is 36.3 Å². The van der Waals surface area contributed by atoms with Crippen LogP contribution in [-0.4, -0.2) is 118 Å². The fourth-order valence-electron chi connectivity index (χ4n) is 28.7. The van der Waals surface area contributed by atoms with E-state index in [1.807, 2.05) is 18.7 Å². The summed E-state index contributed by atoms with van der Waals surface area (Å²) in [6.45, 7) is 62.2. The highest BCUT2D eigenvalue weighted by Crippen LogP contribution is 2.92. The number of carbonyl (C=O) groups excluding carboxylic acids is 2. The maximum atomic E-state index is 13.1. The molecule has 0 bridgehead atoms. The first kappa shape index (κ1) is 89.5. The number of nitrogens with one attached hydrogen (secondary N) is 1. The Bertz CT molecular complexity index is 3340. The molecule has 0 radical (unpaired) electrons. The first-order chi connectivity index (χ1) is 49.3. The number of aliphatic hydroxyl groups excluding tert-OH is 1. The normalized spacial score (nSPS) is 43.0. The molecule has 2 unspecified atom stereocenters. The molecule has 108 heavy (non-hydrogen) atoms. The third-order valence-electron chi connectivity index (χ3n) is 36.3. The van der Waals surface area contributed by atoms with Gasteiger partial charge in [-0.05, 0) is 305 Å². The molecule has 14 aliphatic rings. The number of aliphatic hydroxyl groups is 1. The summed E-state index contributed by atoms with van der Waals surface area (Å²) in [7, 11) is -3.88. The van der Waals surface area contributed by atoms with Crippen molar-refractivity contribution in [1.29, 1.82) is 0 Å². The van der Waals surface area contributed by atoms with E-state index in [4.69, 9.17) is 34.7 Å². The molecule has 26 atom stereocenters. The lowest BCUT2D eigenvalue weighted by atomic mass is 9.41. The van der Waals surface area contributed by atoms with Crippen molar-refractivity contribution >= 4 is 57.9 Å². The lowest BCUT2D eigenvalue weighted by Crippen LogP contribution is -2.60. The maximum absolute atomic E-state index is 13.1. The number of amides is 1. The number of ether oxygens (including phenoxy) is 4. The second kappa shape index (κ2) is 32.3. The van der Waals surface area contributed by atoms with Crippen molar-refractivity contribution in [1.82, 2.24) is 10.2 Å². The Morgan fingerprint density at radius 2 is 1.00 bits per heavy atom. The van der Waals surface area contributed by atoms with E-state index in [9.17, 15) is 24.8 Å². The average molecular weight is 1580 g/mol. The molecular formula is C90H153Cl2N3O11Si2. The van der Waals surface area contributed by atoms with Crippen molar-refractivity contribution in [3.05, 3.63) is 58.7 Å². The number of nitro benzene ring substituents is 1. The first-order valence-corrected chi connectivity index (χ1v) is 48.2. The smallest absolute Gasteiger partial charge is 0.410 e. The number of benzene rings is 1. The largest absolute Gasteiger partial charge is 0.439 e. The second-order valence-electron chi connectivity index (χ2n) is 40.1. The molecule has 4 heterocycles. The summed E-state index contributed by atoms with van der Waals surface area (Å²) in [5.41, 5.74) is 4.18. The van der Waals surface area contributed by atoms with Gasteiger partial charge in [-0.2, -0.15) is 0 Å². The summed E-state index contributed by atoms with van der Waals surface area (Å²) in [5.74, 6) is 6.91. The number of carbonyl (C=O) groups is 2. The van der Waals surface area contributed by atoms with Crippen LogP contribution >= 0.6 is 24.0 Å². The molecule has 14 fully saturated rings. The maximum Gasteiger partial charge on any atom is 0.410 e. The minimum Gasteiger partial charge on any atom is -0.439 e. The van der Waals surface area contributed by atoms with E-state index >= 15 is 0 Å². The van der Waals surface area contributed by atoms with Gasteiger partial charge in [0.2, 0.25) is 0 Å². The molecule has 18 heteroatoms. The highest BCUT2D eigenvalue weighted by atomic mass is 35.5. The van der Waals surface area contributed by atoms with Crippen LogP contribution in [0.1, 0.15) is 269 Å². The van der Waals surface area contributed by atoms with Crippen molar-refractivity contribution in [2.45, 2.75) is 354 Å². The highest BCUT2D eigenvalue weighted by molar-refractivity contribution is 6.74. The molecule has 4 aliphatic heterocycles. The zero-order valence-electron chi connectivity index (χ0n) is 69.6. The molecule has 15 rings (SSSR count). The fraction of sp³-hybridized carbons (Fsp3) is 0.867. The minimum atomic E-state index is -1.97. The van der Waals surface area contributed by atoms with E-state index in [2.05, 4.69) is 148 Å². The van der Waals surface area contributed by atoms with E-state index in [1.54, 1.807) is 0 Å². The molecule has 4 spiro atoms. The van der Waals surface area contributed by atoms with Crippen LogP contribution in [-0.2, 0) is 23.1 Å². The van der Waals surface area contributed by atoms with Crippen LogP contribution < -0.4 is 10.1 Å². The summed E-state index contributed by atoms with van der Waals surface area (Å²) < 4.78 is 41.1. The first-order valence-electron chi connectivity index (χ1n) is 42.8. The molecule has 10 saturated carbocycles. The van der Waals surface area contributed by atoms with Crippen LogP contribution in [0, 0.1) is 123 Å². The summed E-state index contributed by atoms with van der Waals surface area (Å²) in [6, 6.07) is 12.0. The van der Waals surface area contributed by atoms with Gasteiger partial charge in [0.05, 0.1) is 41.5 Å². The van der Waals surface area contributed by atoms with Crippen LogP contribution in [0.15, 0.2) is 48.6 Å². The van der Waals surface area contributed by atoms with Crippen LogP contribution in [0.3, 0.4) is 0 Å². The van der Waals surface area contributed by atoms with Gasteiger partial charge in [0.25, 0.3) is 5.69 Å². The third-order valence-corrected chi connectivity index (χ3v) is 45.6. The van der Waals surface area contributed by atoms with Gasteiger partial charge in [-0.1, -0.05) is 153 Å². The van der Waals surface area contributed by atoms with Gasteiger partial charge in [-0.3, -0.25) is 10.1 Å². The van der Waals surface area contributed by atoms with Gasteiger partial charge in [0.1, 0.15) is 11.9 Å². The second-order valence-corrected chi connectivity index (χ2v) is 49.8. The number of hydrogen-bond acceptors (Lipinski definition) is 12. The average Bonchev–Trinajstić information content (AvgIpc) is 1.46. The van der Waals surface area contributed by atoms with Crippen molar-refractivity contribution in [3.63, 3.8) is 0 Å². The number of nitro groups is 1. The zero-order chi connectivity index (χ0) is 76.6. The summed E-state index contributed by atoms with van der Waals surface area (Å²) in [5, 5.41) is 24.5. The molecule has 1 aromatic carbocycles. The highest BCUT2D eigenvalue weighted by Gasteiger charge is 2.87. The fourth-order valence-corrected chi connectivity index (χ4v) is 34.6. The molecule has 616 valence electrons. The van der Waals surface area contributed by atoms with Gasteiger partial charge in [-0.25, -0.2) is 9.59 Å². The predicted molar refractivity (Wildman–Crippen MR) is 448 cm³/mol. The molecule has 2 N–H and O–H groups in total. The summed E-state index contributed by atoms with van der Waals surface area (Å²) in [6.07, 6.45) is 22.7. The zero-order valence-corrected chi connectivity index (χ0v) is 73.2. The summed E-state index contributed by atoms with van der Waals surface area (Å²) >= 11 is 4.92. The molecular weight excluding hydrogens is 1430 g/mol. The van der Waals surface area contributed by atoms with Crippen molar-refractivity contribution in [3.8, 4) is 5.75 Å². The molecule has 4 saturated heterocycles. The molecule has 10 aliphatic carbocycles. The Morgan fingerprint density at radius 1 is 0.620 bits per heavy atom. The standard InChI is InChI=1S/C41H69NO4Si.C37H64O3Si.C7H4ClNO4.C3H7N.2CH4.ClH/c1-12-47(13-2,14-3)46-35-34-32(27(6)24-29(44-34)33(26(4)5)45-36(43)42-22-15-23-42)38(10)20-21-41-25-40(41)19-18-28(7)37(8,9)30(40)16-17-31(41)39(35,38)11;1-12-41(13-2,14-3)40-32-31-29(24(6)21-26(39-31)30(38)23(4)5)34(10)19-20-37-22-36(37)18-17-25(7)33(8,9)27(36)15-16-28(37)35(32,34)11;8-7(10)13-6-3-1-5(2-4-6)9(11)12;1-2-4-3-1;;;/h27-35H,4,12-25H2,1-3,5-11H3;24-32,38H,4,12-22H2,1-3,5-11H3;1-4H;4H,1-3H2;2*1H4;1H/t27-,28?,29-,30+,31+,32+,33-,34+,35+,38-,39-,40-,41+;24-,25?,26-,27+,28+,29+,30-,31+,32+,34-,35-,36-,37+;;;;;/m11...../s1. The molecule has 1 aromatic rings. The van der Waals surface area contributed by atoms with Crippen LogP contribution in [0.5, 0.6) is 5.75 Å². The molecule has 1 amide bonds. The Morgan fingerprint density at radius 3 is 1.34 bits per heavy atom. The van der Waals surface area contributed by atoms with E-state index in [0.717, 1.165) is 91.2 Å². The van der Waals surface area contributed by atoms with Crippen LogP contribution in [0.25, 0.3) is 0 Å². The van der Waals surface area contributed by atoms with Gasteiger partial charge >= 0.3 is 11.5 Å². The van der Waals surface area contributed by atoms with Gasteiger partial charge < -0.3 is 43.1 Å². The SMILES string of the molecule is C.C.C1CNC1.C=C(C)[C@@H](O)[C@H]1C[C@@H](C)[C@H]2[C@H](O1)[C@H](O[Si](CC)(CC)CC)[C@@]1(C)[C@@H]3CC[C@H]4C(C)(C)C(C)CC[C@@]45C[C@@]35CC[C@]21C.C=C(C)[C@@H](OC(=O)N1CCC1)[C@H]1C[C@@H](C)[C@H]2[C@H](O1)[C@H](O[Si](CC)(CC)CC)[C@@]1(C)[C@@H]3CC[C@H]4C(C)(C)C(C)CC[C@@]45C[C@@]35CC[C@]21C.Cl.O=C(Cl)Oc1ccc([N+](=O)[O-])cc1. The number of rotatable bonds is 17. The monoisotopic (exact) mass is 1580 g/mol. The Hall–Kier alpha value is -2.39. The lowest BCUT2D eigenvalue weighted by Gasteiger charge is -2.64. The number of halogens is 2. The Kier molecular flexibility index (Phi) is 26.7. The third kappa shape index (κ3) is 13.8. The minimum absolute atomic E-state index is 0. The van der Waals surface area contributed by atoms with E-state index in [0.29, 0.717) is 62.1 Å². The Balaban J connectivity index is 0.000000201. The number of non-ortho nitro benzene ring substituents is 1. The molecule has 0 aromatic heterocycles. The van der Waals surface area contributed by atoms with Crippen molar-refractivity contribution in [2.75, 3.05) is 26.2 Å². The topological polar surface area (TPSA) is 168 Å². The lowest BCUT2D eigenvalue weighted by molar-refractivity contribution is -0.384. The predicted octanol–water partition coefficient (Wildman–Crippen LogP) is 23.7. The Labute approximate surface area is 669 Å². The number of fused-ring (bicyclic) bond motifs is 8. The number of hydrogen-bond donors (Lipinski definition) is 2. The number of nitrogens with zero attached hydrogens (tertiary/aromatic N) is 2.